The Balaban J connectivity index is 2.29. The van der Waals surface area contributed by atoms with Gasteiger partial charge in [-0.1, -0.05) is 0 Å². The number of thiophene rings is 1. The van der Waals surface area contributed by atoms with Crippen LogP contribution in [0, 0.1) is 6.92 Å². The van der Waals surface area contributed by atoms with E-state index in [4.69, 9.17) is 0 Å². The molecule has 0 aliphatic rings. The first-order chi connectivity index (χ1) is 7.97. The summed E-state index contributed by atoms with van der Waals surface area (Å²) in [5.74, 6) is 0. The summed E-state index contributed by atoms with van der Waals surface area (Å²) in [7, 11) is -3.51. The number of nitrogens with one attached hydrogen (secondary N) is 1. The van der Waals surface area contributed by atoms with Gasteiger partial charge >= 0.3 is 0 Å². The summed E-state index contributed by atoms with van der Waals surface area (Å²) in [6.07, 6.45) is 3.15. The highest BCUT2D eigenvalue weighted by molar-refractivity contribution is 9.11. The lowest BCUT2D eigenvalue weighted by atomic mass is 10.3. The van der Waals surface area contributed by atoms with Crippen LogP contribution in [0.25, 0.3) is 0 Å². The van der Waals surface area contributed by atoms with Crippen LogP contribution in [0.5, 0.6) is 0 Å². The average molecular weight is 333 g/mol. The normalized spacial score (nSPS) is 11.4. The Morgan fingerprint density at radius 2 is 2.12 bits per heavy atom. The van der Waals surface area contributed by atoms with Gasteiger partial charge in [0, 0.05) is 6.20 Å². The van der Waals surface area contributed by atoms with Crippen LogP contribution < -0.4 is 4.72 Å². The van der Waals surface area contributed by atoms with Gasteiger partial charge < -0.3 is 0 Å². The first-order valence-corrected chi connectivity index (χ1v) is 7.76. The number of sulfonamides is 1. The van der Waals surface area contributed by atoms with Gasteiger partial charge in [-0.15, -0.1) is 11.3 Å². The van der Waals surface area contributed by atoms with E-state index in [1.807, 2.05) is 6.92 Å². The minimum atomic E-state index is -3.51. The van der Waals surface area contributed by atoms with Gasteiger partial charge in [-0.2, -0.15) is 0 Å². The molecular weight excluding hydrogens is 324 g/mol. The zero-order chi connectivity index (χ0) is 12.5. The van der Waals surface area contributed by atoms with Crippen molar-refractivity contribution in [1.82, 2.24) is 4.98 Å². The molecule has 0 saturated carbocycles. The fourth-order valence-electron chi connectivity index (χ4n) is 1.26. The van der Waals surface area contributed by atoms with Crippen molar-refractivity contribution in [2.45, 2.75) is 11.1 Å². The second kappa shape index (κ2) is 4.75. The number of nitrogens with zero attached hydrogens (tertiary/aromatic N) is 1. The van der Waals surface area contributed by atoms with Gasteiger partial charge in [-0.25, -0.2) is 8.42 Å². The summed E-state index contributed by atoms with van der Waals surface area (Å²) < 4.78 is 27.5. The van der Waals surface area contributed by atoms with E-state index in [0.29, 0.717) is 5.69 Å². The molecule has 0 bridgehead atoms. The van der Waals surface area contributed by atoms with Gasteiger partial charge in [0.2, 0.25) is 0 Å². The Labute approximate surface area is 112 Å². The highest BCUT2D eigenvalue weighted by Gasteiger charge is 2.16. The number of rotatable bonds is 3. The van der Waals surface area contributed by atoms with Crippen molar-refractivity contribution in [1.29, 1.82) is 0 Å². The third-order valence-electron chi connectivity index (χ3n) is 1.94. The molecular formula is C10H9BrN2O2S2. The summed E-state index contributed by atoms with van der Waals surface area (Å²) in [6.45, 7) is 1.85. The molecule has 17 heavy (non-hydrogen) atoms. The second-order valence-electron chi connectivity index (χ2n) is 3.42. The van der Waals surface area contributed by atoms with E-state index < -0.39 is 10.0 Å². The minimum Gasteiger partial charge on any atom is -0.277 e. The highest BCUT2D eigenvalue weighted by atomic mass is 79.9. The van der Waals surface area contributed by atoms with Crippen molar-refractivity contribution in [3.05, 3.63) is 39.9 Å². The van der Waals surface area contributed by atoms with Gasteiger partial charge in [0.25, 0.3) is 10.0 Å². The fourth-order valence-corrected chi connectivity index (χ4v) is 4.30. The van der Waals surface area contributed by atoms with Crippen LogP contribution in [0.3, 0.4) is 0 Å². The smallest absolute Gasteiger partial charge is 0.271 e. The lowest BCUT2D eigenvalue weighted by Gasteiger charge is -2.05. The topological polar surface area (TPSA) is 59.1 Å². The van der Waals surface area contributed by atoms with Crippen molar-refractivity contribution in [3.8, 4) is 0 Å². The molecule has 0 amide bonds. The van der Waals surface area contributed by atoms with Crippen molar-refractivity contribution < 1.29 is 8.42 Å². The van der Waals surface area contributed by atoms with E-state index in [1.54, 1.807) is 24.4 Å². The van der Waals surface area contributed by atoms with Crippen molar-refractivity contribution in [3.63, 3.8) is 0 Å². The SMILES string of the molecule is Cc1cncc(NS(=O)(=O)c2ccc(Br)s2)c1. The number of aryl methyl sites for hydroxylation is 1. The lowest BCUT2D eigenvalue weighted by Crippen LogP contribution is -2.11. The Morgan fingerprint density at radius 3 is 2.71 bits per heavy atom. The van der Waals surface area contributed by atoms with Crippen LogP contribution >= 0.6 is 27.3 Å². The van der Waals surface area contributed by atoms with Crippen LogP contribution in [-0.4, -0.2) is 13.4 Å². The van der Waals surface area contributed by atoms with Crippen LogP contribution in [0.15, 0.2) is 38.6 Å². The lowest BCUT2D eigenvalue weighted by molar-refractivity contribution is 0.603. The Kier molecular flexibility index (Phi) is 3.50. The fraction of sp³-hybridized carbons (Fsp3) is 0.100. The average Bonchev–Trinajstić information content (AvgIpc) is 2.65. The summed E-state index contributed by atoms with van der Waals surface area (Å²) in [4.78, 5) is 3.93. The Morgan fingerprint density at radius 1 is 1.35 bits per heavy atom. The van der Waals surface area contributed by atoms with E-state index in [2.05, 4.69) is 25.6 Å². The minimum absolute atomic E-state index is 0.269. The quantitative estimate of drug-likeness (QED) is 0.939. The number of hydrogen-bond acceptors (Lipinski definition) is 4. The third-order valence-corrected chi connectivity index (χ3v) is 5.44. The molecule has 1 N–H and O–H groups in total. The van der Waals surface area contributed by atoms with Gasteiger partial charge in [0.15, 0.2) is 0 Å². The molecule has 2 aromatic heterocycles. The predicted molar refractivity (Wildman–Crippen MR) is 71.8 cm³/mol. The molecule has 0 aromatic carbocycles. The van der Waals surface area contributed by atoms with Gasteiger partial charge in [0.1, 0.15) is 4.21 Å². The second-order valence-corrected chi connectivity index (χ2v) is 7.79. The molecule has 0 unspecified atom stereocenters. The van der Waals surface area contributed by atoms with Crippen molar-refractivity contribution >= 4 is 43.0 Å². The number of aromatic nitrogens is 1. The number of halogens is 1. The largest absolute Gasteiger partial charge is 0.277 e. The molecule has 0 radical (unpaired) electrons. The summed E-state index contributed by atoms with van der Waals surface area (Å²) in [5.41, 5.74) is 1.37. The molecule has 90 valence electrons. The molecule has 0 atom stereocenters. The molecule has 0 aliphatic carbocycles. The maximum Gasteiger partial charge on any atom is 0.271 e. The van der Waals surface area contributed by atoms with Gasteiger partial charge in [-0.3, -0.25) is 9.71 Å². The van der Waals surface area contributed by atoms with Crippen molar-refractivity contribution in [2.75, 3.05) is 4.72 Å². The van der Waals surface area contributed by atoms with Gasteiger partial charge in [0.05, 0.1) is 15.7 Å². The van der Waals surface area contributed by atoms with E-state index in [0.717, 1.165) is 20.7 Å². The van der Waals surface area contributed by atoms with Crippen LogP contribution in [0.2, 0.25) is 0 Å². The van der Waals surface area contributed by atoms with Gasteiger partial charge in [-0.05, 0) is 46.6 Å². The molecule has 0 spiro atoms. The van der Waals surface area contributed by atoms with E-state index in [-0.39, 0.29) is 4.21 Å². The standard InChI is InChI=1S/C10H9BrN2O2S2/c1-7-4-8(6-12-5-7)13-17(14,15)10-3-2-9(11)16-10/h2-6,13H,1H3. The molecule has 0 aliphatic heterocycles. The summed E-state index contributed by atoms with van der Waals surface area (Å²) >= 11 is 4.40. The molecule has 7 heteroatoms. The van der Waals surface area contributed by atoms with E-state index in [9.17, 15) is 8.42 Å². The number of pyridine rings is 1. The van der Waals surface area contributed by atoms with Crippen molar-refractivity contribution in [2.24, 2.45) is 0 Å². The Hall–Kier alpha value is -0.920. The first-order valence-electron chi connectivity index (χ1n) is 4.67. The monoisotopic (exact) mass is 332 g/mol. The van der Waals surface area contributed by atoms with E-state index >= 15 is 0 Å². The summed E-state index contributed by atoms with van der Waals surface area (Å²) in [6, 6.07) is 4.99. The zero-order valence-corrected chi connectivity index (χ0v) is 12.1. The molecule has 2 heterocycles. The molecule has 2 aromatic rings. The molecule has 2 rings (SSSR count). The third kappa shape index (κ3) is 3.05. The number of hydrogen-bond donors (Lipinski definition) is 1. The van der Waals surface area contributed by atoms with Crippen LogP contribution in [0.4, 0.5) is 5.69 Å². The number of anilines is 1. The summed E-state index contributed by atoms with van der Waals surface area (Å²) in [5, 5.41) is 0. The highest BCUT2D eigenvalue weighted by Crippen LogP contribution is 2.27. The molecule has 4 nitrogen and oxygen atoms in total. The maximum absolute atomic E-state index is 12.0. The van der Waals surface area contributed by atoms with Crippen LogP contribution in [-0.2, 0) is 10.0 Å². The maximum atomic E-state index is 12.0. The molecule has 0 fully saturated rings. The van der Waals surface area contributed by atoms with E-state index in [1.165, 1.54) is 6.20 Å². The predicted octanol–water partition coefficient (Wildman–Crippen LogP) is 3.01. The van der Waals surface area contributed by atoms with Crippen LogP contribution in [0.1, 0.15) is 5.56 Å². The molecule has 0 saturated heterocycles. The zero-order valence-electron chi connectivity index (χ0n) is 8.84. The Bertz CT molecular complexity index is 637. The first kappa shape index (κ1) is 12.5.